The molecule has 0 amide bonds. The zero-order chi connectivity index (χ0) is 33.2. The molecule has 0 aliphatic rings. The molecule has 0 atom stereocenters. The number of pyridine rings is 3. The first kappa shape index (κ1) is 36.7. The number of aryl methyl sites for hydroxylation is 2. The number of fused-ring (bicyclic) bond motifs is 3. The van der Waals surface area contributed by atoms with Crippen LogP contribution in [-0.4, -0.2) is 28.2 Å². The third-order valence-corrected chi connectivity index (χ3v) is 12.4. The Morgan fingerprint density at radius 3 is 2.21 bits per heavy atom. The molecule has 47 heavy (non-hydrogen) atoms. The van der Waals surface area contributed by atoms with E-state index in [1.165, 1.54) is 21.1 Å². The fourth-order valence-corrected chi connectivity index (χ4v) is 9.16. The smallest absolute Gasteiger partial charge is 0.216 e. The molecule has 247 valence electrons. The van der Waals surface area contributed by atoms with Crippen LogP contribution in [0.3, 0.4) is 0 Å². The molecule has 2 aromatic carbocycles. The number of benzene rings is 2. The topological polar surface area (TPSA) is 51.8 Å². The van der Waals surface area contributed by atoms with Crippen LogP contribution in [0.2, 0.25) is 17.3 Å². The second-order valence-corrected chi connectivity index (χ2v) is 25.7. The van der Waals surface area contributed by atoms with Crippen LogP contribution in [0.1, 0.15) is 57.0 Å². The van der Waals surface area contributed by atoms with Crippen LogP contribution in [0, 0.1) is 37.3 Å². The van der Waals surface area contributed by atoms with Gasteiger partial charge in [-0.1, -0.05) is 36.4 Å². The van der Waals surface area contributed by atoms with Crippen LogP contribution in [0.5, 0.6) is 0 Å². The molecule has 4 aromatic heterocycles. The van der Waals surface area contributed by atoms with Gasteiger partial charge in [-0.2, -0.15) is 0 Å². The van der Waals surface area contributed by atoms with Crippen molar-refractivity contribution in [2.24, 2.45) is 11.3 Å². The number of nitrogens with zero attached hydrogens (tertiary/aromatic N) is 3. The third-order valence-electron chi connectivity index (χ3n) is 8.04. The van der Waals surface area contributed by atoms with Crippen LogP contribution in [0.4, 0.5) is 0 Å². The van der Waals surface area contributed by atoms with Crippen molar-refractivity contribution in [1.82, 2.24) is 15.0 Å². The fraction of sp³-hybridized carbons (Fsp3) is 0.341. The Bertz CT molecular complexity index is 1970. The van der Waals surface area contributed by atoms with E-state index in [0.29, 0.717) is 17.0 Å². The van der Waals surface area contributed by atoms with Crippen molar-refractivity contribution in [2.45, 2.75) is 78.6 Å². The molecular formula is C41H47GeIrN3O-2. The van der Waals surface area contributed by atoms with E-state index >= 15 is 0 Å². The number of furan rings is 1. The molecule has 0 N–H and O–H groups in total. The number of rotatable bonds is 6. The average Bonchev–Trinajstić information content (AvgIpc) is 3.35. The molecule has 0 aliphatic heterocycles. The Labute approximate surface area is 297 Å². The summed E-state index contributed by atoms with van der Waals surface area (Å²) in [5.74, 6) is 7.93. The second kappa shape index (κ2) is 15.0. The van der Waals surface area contributed by atoms with E-state index in [4.69, 9.17) is 9.40 Å². The zero-order valence-electron chi connectivity index (χ0n) is 29.5. The van der Waals surface area contributed by atoms with Crippen LogP contribution in [0.15, 0.2) is 77.5 Å². The van der Waals surface area contributed by atoms with Gasteiger partial charge in [-0.15, -0.1) is 18.2 Å². The zero-order valence-corrected chi connectivity index (χ0v) is 34.0. The van der Waals surface area contributed by atoms with E-state index in [2.05, 4.69) is 111 Å². The van der Waals surface area contributed by atoms with Crippen molar-refractivity contribution >= 4 is 39.7 Å². The van der Waals surface area contributed by atoms with Gasteiger partial charge in [0, 0.05) is 37.4 Å². The Hall–Kier alpha value is -3.12. The molecule has 4 nitrogen and oxygen atoms in total. The van der Waals surface area contributed by atoms with E-state index < -0.39 is 13.3 Å². The molecule has 0 fully saturated rings. The molecule has 0 saturated heterocycles. The maximum absolute atomic E-state index is 6.09. The first-order valence-corrected chi connectivity index (χ1v) is 23.7. The van der Waals surface area contributed by atoms with E-state index in [0.717, 1.165) is 57.4 Å². The predicted octanol–water partition coefficient (Wildman–Crippen LogP) is 10.3. The number of aromatic nitrogens is 3. The summed E-state index contributed by atoms with van der Waals surface area (Å²) in [6.45, 7) is 15.5. The normalized spacial score (nSPS) is 11.8. The molecule has 0 aliphatic carbocycles. The molecule has 6 rings (SSSR count). The third kappa shape index (κ3) is 9.07. The molecule has 6 aromatic rings. The maximum Gasteiger partial charge on any atom is 0.216 e. The van der Waals surface area contributed by atoms with Gasteiger partial charge in [0.2, 0.25) is 5.71 Å². The fourth-order valence-electron chi connectivity index (χ4n) is 5.86. The largest absolute Gasteiger partial charge is 0.486 e. The quantitative estimate of drug-likeness (QED) is 0.124. The molecule has 0 bridgehead atoms. The monoisotopic (exact) mass is 864 g/mol. The number of hydrogen-bond donors (Lipinski definition) is 0. The van der Waals surface area contributed by atoms with Crippen molar-refractivity contribution in [2.75, 3.05) is 0 Å². The summed E-state index contributed by atoms with van der Waals surface area (Å²) in [5, 5.41) is 2.09. The average molecular weight is 863 g/mol. The van der Waals surface area contributed by atoms with Crippen molar-refractivity contribution in [3.8, 4) is 22.5 Å². The molecule has 0 saturated carbocycles. The van der Waals surface area contributed by atoms with Crippen molar-refractivity contribution in [3.05, 3.63) is 108 Å². The van der Waals surface area contributed by atoms with Crippen molar-refractivity contribution < 1.29 is 24.5 Å². The van der Waals surface area contributed by atoms with Crippen LogP contribution >= 0.6 is 0 Å². The van der Waals surface area contributed by atoms with Gasteiger partial charge in [0.05, 0.1) is 5.58 Å². The Kier molecular flexibility index (Phi) is 11.7. The Morgan fingerprint density at radius 1 is 0.830 bits per heavy atom. The summed E-state index contributed by atoms with van der Waals surface area (Å²) in [6.07, 6.45) is 6.23. The molecule has 0 unspecified atom stereocenters. The number of hydrogen-bond acceptors (Lipinski definition) is 4. The summed E-state index contributed by atoms with van der Waals surface area (Å²) in [6, 6.07) is 27.2. The maximum atomic E-state index is 6.09. The van der Waals surface area contributed by atoms with Gasteiger partial charge in [0.15, 0.2) is 0 Å². The molecular weight excluding hydrogens is 815 g/mol. The van der Waals surface area contributed by atoms with Gasteiger partial charge in [-0.3, -0.25) is 0 Å². The van der Waals surface area contributed by atoms with Gasteiger partial charge in [0.25, 0.3) is 0 Å². The minimum absolute atomic E-state index is 0. The Balaban J connectivity index is 0.000000212. The van der Waals surface area contributed by atoms with Crippen LogP contribution in [0.25, 0.3) is 44.6 Å². The minimum atomic E-state index is -1.90. The van der Waals surface area contributed by atoms with E-state index in [1.54, 1.807) is 0 Å². The summed E-state index contributed by atoms with van der Waals surface area (Å²) < 4.78 is 7.62. The van der Waals surface area contributed by atoms with Crippen molar-refractivity contribution in [3.63, 3.8) is 0 Å². The Morgan fingerprint density at radius 2 is 1.55 bits per heavy atom. The first-order chi connectivity index (χ1) is 21.7. The summed E-state index contributed by atoms with van der Waals surface area (Å²) >= 11 is -1.90. The second-order valence-electron chi connectivity index (χ2n) is 15.1. The predicted molar refractivity (Wildman–Crippen MR) is 196 cm³/mol. The van der Waals surface area contributed by atoms with Gasteiger partial charge in [-0.25, -0.2) is 4.98 Å². The van der Waals surface area contributed by atoms with Gasteiger partial charge >= 0.3 is 132 Å². The molecule has 6 heteroatoms. The van der Waals surface area contributed by atoms with Gasteiger partial charge in [0.1, 0.15) is 0 Å². The van der Waals surface area contributed by atoms with E-state index in [9.17, 15) is 0 Å². The summed E-state index contributed by atoms with van der Waals surface area (Å²) in [7, 11) is 0. The van der Waals surface area contributed by atoms with E-state index in [1.807, 2.05) is 49.5 Å². The molecule has 4 heterocycles. The van der Waals surface area contributed by atoms with E-state index in [-0.39, 0.29) is 20.1 Å². The van der Waals surface area contributed by atoms with Gasteiger partial charge < -0.3 is 9.40 Å². The summed E-state index contributed by atoms with van der Waals surface area (Å²) in [4.78, 5) is 13.9. The van der Waals surface area contributed by atoms with Gasteiger partial charge in [-0.05, 0) is 49.6 Å². The standard InChI is InChI=1S/C22H21N2O.C19H26GeN.Ir/c1-13(2)10-16-11-20(23-12-14(16)3)19-7-5-6-17-18-9-8-15(4)24-22(18)25-21(17)19;1-19(2,3)13-16-12-18(15-10-8-7-9-11-15)21-14-17(16)20(4,5)6;/h5-6,8-9,11-13H,10H2,1-4H3;7-10,12,14H,13H2,1-6H3;/q2*-1;. The van der Waals surface area contributed by atoms with Crippen LogP contribution < -0.4 is 4.40 Å². The SMILES string of the molecule is CC(C)(C)Cc1cc(-c2[c-]cccc2)nc[c]1[Ge]([CH3])([CH3])[CH3].Cc1ccc2c(n1)oc1c(-c3cc(CC(C)C)c(C)cn3)[c-]ccc12.[Ir]. The molecule has 0 spiro atoms. The van der Waals surface area contributed by atoms with Crippen molar-refractivity contribution in [1.29, 1.82) is 0 Å². The van der Waals surface area contributed by atoms with Crippen LogP contribution in [-0.2, 0) is 32.9 Å². The minimum Gasteiger partial charge on any atom is -0.486 e. The first-order valence-electron chi connectivity index (χ1n) is 16.3. The molecule has 1 radical (unpaired) electrons. The summed E-state index contributed by atoms with van der Waals surface area (Å²) in [5.41, 5.74) is 10.7.